The Bertz CT molecular complexity index is 751. The first-order valence-corrected chi connectivity index (χ1v) is 9.09. The molecule has 1 fully saturated rings. The first kappa shape index (κ1) is 18.3. The van der Waals surface area contributed by atoms with Crippen molar-refractivity contribution < 1.29 is 0 Å². The van der Waals surface area contributed by atoms with Gasteiger partial charge in [0.1, 0.15) is 5.82 Å². The highest BCUT2D eigenvalue weighted by Gasteiger charge is 2.18. The molecule has 7 heteroatoms. The normalized spacial score (nSPS) is 15.3. The van der Waals surface area contributed by atoms with Crippen molar-refractivity contribution in [3.8, 4) is 0 Å². The standard InChI is InChI=1S/C19H25ClN6/c1-24(2)18-5-3-4-16(23-18)14-22-19(21)26-12-10-25(11-13-26)17-8-6-15(20)7-9-17/h3-9H,10-14H2,1-2H3,(H2,21,22). The van der Waals surface area contributed by atoms with Gasteiger partial charge in [0.15, 0.2) is 5.96 Å². The van der Waals surface area contributed by atoms with Crippen molar-refractivity contribution in [2.75, 3.05) is 50.1 Å². The number of guanidine groups is 1. The molecule has 1 aliphatic heterocycles. The molecule has 2 N–H and O–H groups in total. The second-order valence-electron chi connectivity index (χ2n) is 6.51. The summed E-state index contributed by atoms with van der Waals surface area (Å²) in [5.41, 5.74) is 8.30. The number of hydrogen-bond acceptors (Lipinski definition) is 4. The molecule has 0 amide bonds. The van der Waals surface area contributed by atoms with Crippen molar-refractivity contribution >= 4 is 29.1 Å². The maximum Gasteiger partial charge on any atom is 0.191 e. The molecule has 6 nitrogen and oxygen atoms in total. The van der Waals surface area contributed by atoms with Gasteiger partial charge in [-0.3, -0.25) is 0 Å². The van der Waals surface area contributed by atoms with Crippen LogP contribution in [0.2, 0.25) is 5.02 Å². The number of rotatable bonds is 4. The van der Waals surface area contributed by atoms with Crippen molar-refractivity contribution in [1.29, 1.82) is 0 Å². The smallest absolute Gasteiger partial charge is 0.191 e. The molecule has 2 aromatic rings. The zero-order chi connectivity index (χ0) is 18.5. The van der Waals surface area contributed by atoms with E-state index < -0.39 is 0 Å². The van der Waals surface area contributed by atoms with E-state index in [-0.39, 0.29) is 0 Å². The largest absolute Gasteiger partial charge is 0.370 e. The lowest BCUT2D eigenvalue weighted by Crippen LogP contribution is -2.51. The fourth-order valence-electron chi connectivity index (χ4n) is 2.91. The number of benzene rings is 1. The van der Waals surface area contributed by atoms with Crippen LogP contribution in [0.4, 0.5) is 11.5 Å². The van der Waals surface area contributed by atoms with Gasteiger partial charge in [0, 0.05) is 51.0 Å². The molecule has 138 valence electrons. The highest BCUT2D eigenvalue weighted by atomic mass is 35.5. The van der Waals surface area contributed by atoms with E-state index in [0.717, 1.165) is 42.7 Å². The molecular weight excluding hydrogens is 348 g/mol. The Labute approximate surface area is 159 Å². The van der Waals surface area contributed by atoms with Gasteiger partial charge in [-0.15, -0.1) is 0 Å². The number of nitrogens with zero attached hydrogens (tertiary/aromatic N) is 5. The van der Waals surface area contributed by atoms with E-state index in [4.69, 9.17) is 17.3 Å². The molecule has 0 bridgehead atoms. The number of halogens is 1. The number of pyridine rings is 1. The van der Waals surface area contributed by atoms with Crippen LogP contribution in [0.15, 0.2) is 47.5 Å². The lowest BCUT2D eigenvalue weighted by molar-refractivity contribution is 0.380. The molecule has 2 heterocycles. The molecule has 1 aromatic carbocycles. The highest BCUT2D eigenvalue weighted by molar-refractivity contribution is 6.30. The third-order valence-corrected chi connectivity index (χ3v) is 4.70. The maximum absolute atomic E-state index is 6.20. The van der Waals surface area contributed by atoms with Crippen LogP contribution in [0.5, 0.6) is 0 Å². The van der Waals surface area contributed by atoms with Crippen LogP contribution in [-0.2, 0) is 6.54 Å². The lowest BCUT2D eigenvalue weighted by atomic mass is 10.2. The summed E-state index contributed by atoms with van der Waals surface area (Å²) in [5.74, 6) is 1.51. The predicted octanol–water partition coefficient (Wildman–Crippen LogP) is 2.44. The molecule has 0 spiro atoms. The zero-order valence-electron chi connectivity index (χ0n) is 15.3. The lowest BCUT2D eigenvalue weighted by Gasteiger charge is -2.36. The summed E-state index contributed by atoms with van der Waals surface area (Å²) in [6.07, 6.45) is 0. The van der Waals surface area contributed by atoms with E-state index in [1.54, 1.807) is 0 Å². The third-order valence-electron chi connectivity index (χ3n) is 4.45. The van der Waals surface area contributed by atoms with Gasteiger partial charge >= 0.3 is 0 Å². The van der Waals surface area contributed by atoms with Gasteiger partial charge in [0.05, 0.1) is 12.2 Å². The Morgan fingerprint density at radius 2 is 1.81 bits per heavy atom. The van der Waals surface area contributed by atoms with E-state index in [0.29, 0.717) is 12.5 Å². The minimum absolute atomic E-state index is 0.491. The molecular formula is C19H25ClN6. The Morgan fingerprint density at radius 1 is 1.12 bits per heavy atom. The van der Waals surface area contributed by atoms with E-state index in [2.05, 4.69) is 31.9 Å². The van der Waals surface area contributed by atoms with Gasteiger partial charge in [-0.1, -0.05) is 17.7 Å². The van der Waals surface area contributed by atoms with Crippen LogP contribution < -0.4 is 15.5 Å². The van der Waals surface area contributed by atoms with Crippen LogP contribution in [-0.4, -0.2) is 56.1 Å². The minimum atomic E-state index is 0.491. The molecule has 1 aliphatic rings. The second kappa shape index (κ2) is 8.27. The van der Waals surface area contributed by atoms with E-state index >= 15 is 0 Å². The summed E-state index contributed by atoms with van der Waals surface area (Å²) >= 11 is 5.96. The molecule has 3 rings (SSSR count). The summed E-state index contributed by atoms with van der Waals surface area (Å²) < 4.78 is 0. The number of piperazine rings is 1. The van der Waals surface area contributed by atoms with Gasteiger partial charge in [0.2, 0.25) is 0 Å². The quantitative estimate of drug-likeness (QED) is 0.659. The van der Waals surface area contributed by atoms with Crippen LogP contribution in [0, 0.1) is 0 Å². The fourth-order valence-corrected chi connectivity index (χ4v) is 3.04. The molecule has 1 aromatic heterocycles. The summed E-state index contributed by atoms with van der Waals surface area (Å²) in [6.45, 7) is 4.01. The van der Waals surface area contributed by atoms with E-state index in [9.17, 15) is 0 Å². The number of aromatic nitrogens is 1. The van der Waals surface area contributed by atoms with Crippen LogP contribution in [0.3, 0.4) is 0 Å². The van der Waals surface area contributed by atoms with Crippen molar-refractivity contribution in [2.45, 2.75) is 6.54 Å². The molecule has 0 radical (unpaired) electrons. The van der Waals surface area contributed by atoms with Crippen molar-refractivity contribution in [2.24, 2.45) is 10.7 Å². The molecule has 1 saturated heterocycles. The average molecular weight is 373 g/mol. The molecule has 0 saturated carbocycles. The monoisotopic (exact) mass is 372 g/mol. The zero-order valence-corrected chi connectivity index (χ0v) is 16.0. The number of nitrogens with two attached hydrogens (primary N) is 1. The average Bonchev–Trinajstić information content (AvgIpc) is 2.67. The second-order valence-corrected chi connectivity index (χ2v) is 6.94. The van der Waals surface area contributed by atoms with Crippen molar-refractivity contribution in [1.82, 2.24) is 9.88 Å². The van der Waals surface area contributed by atoms with Gasteiger partial charge < -0.3 is 20.4 Å². The fraction of sp³-hybridized carbons (Fsp3) is 0.368. The van der Waals surface area contributed by atoms with Gasteiger partial charge in [0.25, 0.3) is 0 Å². The van der Waals surface area contributed by atoms with Crippen molar-refractivity contribution in [3.05, 3.63) is 53.2 Å². The van der Waals surface area contributed by atoms with E-state index in [1.807, 2.05) is 49.3 Å². The number of hydrogen-bond donors (Lipinski definition) is 1. The van der Waals surface area contributed by atoms with Gasteiger partial charge in [-0.05, 0) is 36.4 Å². The SMILES string of the molecule is CN(C)c1cccc(CN=C(N)N2CCN(c3ccc(Cl)cc3)CC2)n1. The summed E-state index contributed by atoms with van der Waals surface area (Å²) in [5, 5.41) is 0.760. The Morgan fingerprint density at radius 3 is 2.46 bits per heavy atom. The Kier molecular flexibility index (Phi) is 5.83. The van der Waals surface area contributed by atoms with Crippen LogP contribution >= 0.6 is 11.6 Å². The van der Waals surface area contributed by atoms with Crippen LogP contribution in [0.25, 0.3) is 0 Å². The number of aliphatic imine (C=N–C) groups is 1. The topological polar surface area (TPSA) is 61.0 Å². The summed E-state index contributed by atoms with van der Waals surface area (Å²) in [4.78, 5) is 15.5. The molecule has 0 atom stereocenters. The minimum Gasteiger partial charge on any atom is -0.370 e. The Hall–Kier alpha value is -2.47. The highest BCUT2D eigenvalue weighted by Crippen LogP contribution is 2.19. The molecule has 26 heavy (non-hydrogen) atoms. The molecule has 0 aliphatic carbocycles. The summed E-state index contributed by atoms with van der Waals surface area (Å²) in [7, 11) is 3.95. The predicted molar refractivity (Wildman–Crippen MR) is 109 cm³/mol. The van der Waals surface area contributed by atoms with E-state index in [1.165, 1.54) is 5.69 Å². The third kappa shape index (κ3) is 4.58. The number of anilines is 2. The van der Waals surface area contributed by atoms with Gasteiger partial charge in [-0.2, -0.15) is 0 Å². The first-order chi connectivity index (χ1) is 12.5. The van der Waals surface area contributed by atoms with Crippen LogP contribution in [0.1, 0.15) is 5.69 Å². The maximum atomic E-state index is 6.20. The van der Waals surface area contributed by atoms with Crippen molar-refractivity contribution in [3.63, 3.8) is 0 Å². The van der Waals surface area contributed by atoms with Gasteiger partial charge in [-0.25, -0.2) is 9.98 Å². The molecule has 0 unspecified atom stereocenters. The summed E-state index contributed by atoms with van der Waals surface area (Å²) in [6, 6.07) is 13.9. The first-order valence-electron chi connectivity index (χ1n) is 8.71. The Balaban J connectivity index is 1.56.